The zero-order valence-corrected chi connectivity index (χ0v) is 26.3. The number of anilines is 1. The van der Waals surface area contributed by atoms with Crippen LogP contribution >= 0.6 is 0 Å². The Morgan fingerprint density at radius 2 is 1.89 bits per heavy atom. The van der Waals surface area contributed by atoms with Crippen LogP contribution in [0.3, 0.4) is 0 Å². The van der Waals surface area contributed by atoms with Gasteiger partial charge in [-0.05, 0) is 68.8 Å². The number of rotatable bonds is 8. The van der Waals surface area contributed by atoms with Crippen molar-refractivity contribution in [2.75, 3.05) is 44.3 Å². The van der Waals surface area contributed by atoms with Crippen molar-refractivity contribution in [1.82, 2.24) is 39.3 Å². The number of carbonyl (C=O) groups excluding carboxylic acids is 2. The van der Waals surface area contributed by atoms with Gasteiger partial charge >= 0.3 is 0 Å². The summed E-state index contributed by atoms with van der Waals surface area (Å²) in [5.41, 5.74) is 2.47. The second kappa shape index (κ2) is 10.6. The maximum absolute atomic E-state index is 14.2. The summed E-state index contributed by atoms with van der Waals surface area (Å²) in [6, 6.07) is 0. The zero-order chi connectivity index (χ0) is 31.8. The second-order valence-electron chi connectivity index (χ2n) is 13.7. The molecule has 4 aliphatic carbocycles. The van der Waals surface area contributed by atoms with Crippen molar-refractivity contribution >= 4 is 28.9 Å². The molecule has 2 amide bonds. The molecule has 5 fully saturated rings. The molecule has 14 heteroatoms. The van der Waals surface area contributed by atoms with Gasteiger partial charge in [0, 0.05) is 31.7 Å². The number of carbonyl (C=O) groups is 2. The van der Waals surface area contributed by atoms with E-state index in [0.29, 0.717) is 86.3 Å². The standard InChI is InChI=1S/C32H39N9O5/c1-3-22-25(38-8-10-39(11-9-38)28(44)24-26(43)19(2)33-18-34-24)29(45)41-30(35-27(37-41)20-6-12-46-13-7-20)40(22)14-23(42)36-32-15-31(16-32,17-32)21-4-5-21/h6,18,21,43H,3-5,7-17H2,1-2H3,(H,36,42). The topological polar surface area (TPSA) is 160 Å². The smallest absolute Gasteiger partial charge is 0.299 e. The fourth-order valence-corrected chi connectivity index (χ4v) is 8.31. The van der Waals surface area contributed by atoms with Crippen LogP contribution < -0.4 is 15.8 Å². The van der Waals surface area contributed by atoms with Gasteiger partial charge in [0.1, 0.15) is 18.6 Å². The number of aromatic nitrogens is 6. The monoisotopic (exact) mass is 629 g/mol. The van der Waals surface area contributed by atoms with Gasteiger partial charge in [-0.25, -0.2) is 9.97 Å². The van der Waals surface area contributed by atoms with Crippen molar-refractivity contribution in [2.45, 2.75) is 70.9 Å². The molecule has 46 heavy (non-hydrogen) atoms. The quantitative estimate of drug-likeness (QED) is 0.374. The fraction of sp³-hybridized carbons (Fsp3) is 0.594. The third kappa shape index (κ3) is 4.59. The largest absolute Gasteiger partial charge is 0.504 e. The first-order valence-corrected chi connectivity index (χ1v) is 16.4. The van der Waals surface area contributed by atoms with E-state index in [0.717, 1.165) is 30.8 Å². The van der Waals surface area contributed by atoms with Crippen molar-refractivity contribution in [2.24, 2.45) is 11.3 Å². The van der Waals surface area contributed by atoms with Crippen molar-refractivity contribution in [1.29, 1.82) is 0 Å². The third-order valence-corrected chi connectivity index (χ3v) is 10.7. The van der Waals surface area contributed by atoms with Gasteiger partial charge in [-0.3, -0.25) is 14.4 Å². The third-order valence-electron chi connectivity index (χ3n) is 10.7. The van der Waals surface area contributed by atoms with E-state index < -0.39 is 0 Å². The Kier molecular flexibility index (Phi) is 6.71. The molecule has 3 aromatic rings. The van der Waals surface area contributed by atoms with Crippen LogP contribution in [0.4, 0.5) is 5.69 Å². The van der Waals surface area contributed by atoms with E-state index in [2.05, 4.69) is 20.4 Å². The Labute approximate surface area is 265 Å². The van der Waals surface area contributed by atoms with E-state index in [9.17, 15) is 19.5 Å². The minimum Gasteiger partial charge on any atom is -0.504 e. The number of ether oxygens (including phenoxy) is 1. The van der Waals surface area contributed by atoms with Crippen LogP contribution in [0.2, 0.25) is 0 Å². The van der Waals surface area contributed by atoms with Gasteiger partial charge in [0.25, 0.3) is 11.5 Å². The molecular weight excluding hydrogens is 590 g/mol. The lowest BCUT2D eigenvalue weighted by Gasteiger charge is -2.71. The van der Waals surface area contributed by atoms with Crippen LogP contribution in [-0.2, 0) is 22.5 Å². The fourth-order valence-electron chi connectivity index (χ4n) is 8.31. The summed E-state index contributed by atoms with van der Waals surface area (Å²) in [7, 11) is 0. The van der Waals surface area contributed by atoms with E-state index in [1.54, 1.807) is 11.8 Å². The molecule has 9 rings (SSSR count). The first-order chi connectivity index (χ1) is 22.2. The predicted octanol–water partition coefficient (Wildman–Crippen LogP) is 1.47. The van der Waals surface area contributed by atoms with E-state index in [4.69, 9.17) is 9.72 Å². The average Bonchev–Trinajstić information content (AvgIpc) is 3.77. The Hall–Kier alpha value is -4.33. The summed E-state index contributed by atoms with van der Waals surface area (Å²) in [5, 5.41) is 18.4. The summed E-state index contributed by atoms with van der Waals surface area (Å²) in [6.07, 6.45) is 10.2. The first-order valence-electron chi connectivity index (χ1n) is 16.4. The molecule has 3 aromatic heterocycles. The molecule has 242 valence electrons. The number of hydrogen-bond acceptors (Lipinski definition) is 10. The Morgan fingerprint density at radius 1 is 1.13 bits per heavy atom. The van der Waals surface area contributed by atoms with Crippen molar-refractivity contribution in [3.63, 3.8) is 0 Å². The van der Waals surface area contributed by atoms with Crippen LogP contribution in [0.5, 0.6) is 5.75 Å². The molecule has 2 aliphatic heterocycles. The normalized spacial score (nSPS) is 25.6. The first kappa shape index (κ1) is 29.1. The summed E-state index contributed by atoms with van der Waals surface area (Å²) >= 11 is 0. The Balaban J connectivity index is 1.10. The number of aromatic hydroxyl groups is 1. The molecular formula is C32H39N9O5. The van der Waals surface area contributed by atoms with Crippen LogP contribution in [0.25, 0.3) is 11.4 Å². The molecule has 6 aliphatic rings. The lowest BCUT2D eigenvalue weighted by Crippen LogP contribution is -2.75. The highest BCUT2D eigenvalue weighted by atomic mass is 16.5. The average molecular weight is 630 g/mol. The summed E-state index contributed by atoms with van der Waals surface area (Å²) < 4.78 is 8.65. The molecule has 2 N–H and O–H groups in total. The van der Waals surface area contributed by atoms with E-state index >= 15 is 0 Å². The number of hydrogen-bond donors (Lipinski definition) is 2. The number of amides is 2. The lowest BCUT2D eigenvalue weighted by atomic mass is 9.37. The van der Waals surface area contributed by atoms with Gasteiger partial charge in [-0.2, -0.15) is 9.50 Å². The highest BCUT2D eigenvalue weighted by molar-refractivity contribution is 5.95. The predicted molar refractivity (Wildman–Crippen MR) is 166 cm³/mol. The minimum absolute atomic E-state index is 0.0310. The van der Waals surface area contributed by atoms with Crippen molar-refractivity contribution in [3.05, 3.63) is 45.7 Å². The molecule has 14 nitrogen and oxygen atoms in total. The van der Waals surface area contributed by atoms with Crippen LogP contribution in [0.15, 0.2) is 17.2 Å². The van der Waals surface area contributed by atoms with E-state index in [1.807, 2.05) is 22.5 Å². The van der Waals surface area contributed by atoms with Crippen molar-refractivity contribution < 1.29 is 19.4 Å². The van der Waals surface area contributed by atoms with Crippen LogP contribution in [0, 0.1) is 18.3 Å². The maximum atomic E-state index is 14.2. The summed E-state index contributed by atoms with van der Waals surface area (Å²) in [4.78, 5) is 57.4. The molecule has 5 heterocycles. The molecule has 0 atom stereocenters. The number of fused-ring (bicyclic) bond motifs is 1. The maximum Gasteiger partial charge on any atom is 0.299 e. The molecule has 1 saturated heterocycles. The van der Waals surface area contributed by atoms with Crippen LogP contribution in [0.1, 0.15) is 73.1 Å². The number of piperazine rings is 1. The molecule has 0 aromatic carbocycles. The molecule has 0 spiro atoms. The lowest BCUT2D eigenvalue weighted by molar-refractivity contribution is -0.176. The van der Waals surface area contributed by atoms with Crippen molar-refractivity contribution in [3.8, 4) is 5.75 Å². The highest BCUT2D eigenvalue weighted by Gasteiger charge is 2.72. The molecule has 2 bridgehead atoms. The molecule has 4 saturated carbocycles. The summed E-state index contributed by atoms with van der Waals surface area (Å²) in [5.74, 6) is 0.970. The molecule has 0 unspecified atom stereocenters. The van der Waals surface area contributed by atoms with Gasteiger partial charge < -0.3 is 29.5 Å². The van der Waals surface area contributed by atoms with E-state index in [-0.39, 0.29) is 40.9 Å². The highest BCUT2D eigenvalue weighted by Crippen LogP contribution is 2.75. The molecule has 0 radical (unpaired) electrons. The number of nitrogens with zero attached hydrogens (tertiary/aromatic N) is 8. The van der Waals surface area contributed by atoms with Gasteiger partial charge in [-0.1, -0.05) is 13.0 Å². The van der Waals surface area contributed by atoms with Gasteiger partial charge in [0.15, 0.2) is 17.3 Å². The van der Waals surface area contributed by atoms with Crippen LogP contribution in [-0.4, -0.2) is 95.9 Å². The minimum atomic E-state index is -0.384. The summed E-state index contributed by atoms with van der Waals surface area (Å²) in [6.45, 7) is 6.05. The zero-order valence-electron chi connectivity index (χ0n) is 26.3. The Bertz CT molecular complexity index is 1830. The number of aryl methyl sites for hydroxylation is 1. The Morgan fingerprint density at radius 3 is 2.57 bits per heavy atom. The van der Waals surface area contributed by atoms with E-state index in [1.165, 1.54) is 23.7 Å². The second-order valence-corrected chi connectivity index (χ2v) is 13.7. The van der Waals surface area contributed by atoms with Gasteiger partial charge in [0.05, 0.1) is 24.6 Å². The van der Waals surface area contributed by atoms with Gasteiger partial charge in [0.2, 0.25) is 11.7 Å². The van der Waals surface area contributed by atoms with Gasteiger partial charge in [-0.15, -0.1) is 5.10 Å². The number of nitrogens with one attached hydrogen (secondary N) is 1. The SMILES string of the molecule is CCc1c(N2CCN(C(=O)c3ncnc(C)c3O)CC2)c(=O)n2nc(C3=CCOCC3)nc2n1CC(=O)NC12CC(C3CC3)(C1)C2.